The van der Waals surface area contributed by atoms with E-state index < -0.39 is 0 Å². The lowest BCUT2D eigenvalue weighted by Gasteiger charge is -2.29. The number of fused-ring (bicyclic) bond motifs is 1. The lowest BCUT2D eigenvalue weighted by atomic mass is 10.0. The van der Waals surface area contributed by atoms with Gasteiger partial charge in [-0.1, -0.05) is 49.4 Å². The van der Waals surface area contributed by atoms with E-state index in [2.05, 4.69) is 73.8 Å². The summed E-state index contributed by atoms with van der Waals surface area (Å²) >= 11 is 1.75. The van der Waals surface area contributed by atoms with Gasteiger partial charge in [0.25, 0.3) is 0 Å². The Labute approximate surface area is 123 Å². The summed E-state index contributed by atoms with van der Waals surface area (Å²) in [5.41, 5.74) is -0.266. The number of rotatable bonds is 4. The molecule has 2 heteroatoms. The molecule has 0 spiro atoms. The number of thiophene rings is 1. The third-order valence-corrected chi connectivity index (χ3v) is 4.92. The normalized spacial score (nSPS) is 14.1. The summed E-state index contributed by atoms with van der Waals surface area (Å²) in [7, 11) is 0. The van der Waals surface area contributed by atoms with E-state index in [0.717, 1.165) is 12.2 Å². The smallest absolute Gasteiger partial charge is 0.140 e. The summed E-state index contributed by atoms with van der Waals surface area (Å²) in [6.07, 6.45) is 0.941. The highest BCUT2D eigenvalue weighted by molar-refractivity contribution is 7.10. The van der Waals surface area contributed by atoms with Crippen molar-refractivity contribution in [2.45, 2.75) is 25.9 Å². The van der Waals surface area contributed by atoms with Crippen molar-refractivity contribution in [1.29, 1.82) is 0 Å². The molecule has 0 aliphatic heterocycles. The molecule has 1 nitrogen and oxygen atoms in total. The van der Waals surface area contributed by atoms with Gasteiger partial charge in [-0.05, 0) is 36.2 Å². The Bertz CT molecular complexity index is 697. The van der Waals surface area contributed by atoms with Crippen molar-refractivity contribution >= 4 is 22.1 Å². The van der Waals surface area contributed by atoms with E-state index in [1.165, 1.54) is 15.6 Å². The van der Waals surface area contributed by atoms with Gasteiger partial charge in [-0.15, -0.1) is 11.3 Å². The molecule has 1 heterocycles. The first kappa shape index (κ1) is 13.2. The summed E-state index contributed by atoms with van der Waals surface area (Å²) in [5, 5.41) is 4.50. The number of benzene rings is 2. The average molecular weight is 282 g/mol. The Kier molecular flexibility index (Phi) is 3.49. The van der Waals surface area contributed by atoms with E-state index in [4.69, 9.17) is 4.74 Å². The zero-order chi connectivity index (χ0) is 14.0. The van der Waals surface area contributed by atoms with Gasteiger partial charge in [-0.25, -0.2) is 0 Å². The number of ether oxygens (including phenoxy) is 1. The van der Waals surface area contributed by atoms with E-state index in [1.807, 2.05) is 0 Å². The molecule has 0 saturated heterocycles. The van der Waals surface area contributed by atoms with Gasteiger partial charge in [0.2, 0.25) is 0 Å². The van der Waals surface area contributed by atoms with Crippen LogP contribution in [-0.2, 0) is 5.60 Å². The molecule has 0 radical (unpaired) electrons. The van der Waals surface area contributed by atoms with Crippen molar-refractivity contribution in [3.63, 3.8) is 0 Å². The van der Waals surface area contributed by atoms with Gasteiger partial charge >= 0.3 is 0 Å². The summed E-state index contributed by atoms with van der Waals surface area (Å²) in [5.74, 6) is 0.959. The van der Waals surface area contributed by atoms with E-state index in [-0.39, 0.29) is 5.60 Å². The minimum atomic E-state index is -0.266. The van der Waals surface area contributed by atoms with Crippen LogP contribution in [0.1, 0.15) is 25.1 Å². The van der Waals surface area contributed by atoms with E-state index in [0.29, 0.717) is 0 Å². The third kappa shape index (κ3) is 2.32. The second-order valence-electron chi connectivity index (χ2n) is 5.14. The van der Waals surface area contributed by atoms with Crippen molar-refractivity contribution in [1.82, 2.24) is 0 Å². The van der Waals surface area contributed by atoms with Gasteiger partial charge in [0, 0.05) is 10.3 Å². The highest BCUT2D eigenvalue weighted by atomic mass is 32.1. The molecule has 20 heavy (non-hydrogen) atoms. The van der Waals surface area contributed by atoms with Crippen molar-refractivity contribution in [2.75, 3.05) is 0 Å². The van der Waals surface area contributed by atoms with Crippen molar-refractivity contribution in [2.24, 2.45) is 0 Å². The molecule has 1 aromatic heterocycles. The molecule has 0 aliphatic carbocycles. The van der Waals surface area contributed by atoms with E-state index in [1.54, 1.807) is 11.3 Å². The second-order valence-corrected chi connectivity index (χ2v) is 6.09. The fourth-order valence-corrected chi connectivity index (χ4v) is 3.30. The van der Waals surface area contributed by atoms with Crippen LogP contribution in [-0.4, -0.2) is 0 Å². The molecule has 1 atom stereocenters. The van der Waals surface area contributed by atoms with Crippen molar-refractivity contribution < 1.29 is 4.74 Å². The first-order valence-corrected chi connectivity index (χ1v) is 7.82. The van der Waals surface area contributed by atoms with Gasteiger partial charge in [-0.2, -0.15) is 0 Å². The molecule has 0 aliphatic rings. The Hall–Kier alpha value is -1.80. The van der Waals surface area contributed by atoms with E-state index in [9.17, 15) is 0 Å². The monoisotopic (exact) mass is 282 g/mol. The zero-order valence-electron chi connectivity index (χ0n) is 11.8. The first-order chi connectivity index (χ1) is 9.73. The standard InChI is InChI=1S/C18H18OS/c1-3-18(2,17-12-7-13-20-17)19-16-11-6-9-14-8-4-5-10-15(14)16/h4-13H,3H2,1-2H3/t18-/m0/s1. The van der Waals surface area contributed by atoms with Gasteiger partial charge < -0.3 is 4.74 Å². The van der Waals surface area contributed by atoms with Gasteiger partial charge in [0.15, 0.2) is 0 Å². The number of hydrogen-bond acceptors (Lipinski definition) is 2. The highest BCUT2D eigenvalue weighted by Crippen LogP contribution is 2.36. The predicted molar refractivity (Wildman–Crippen MR) is 86.5 cm³/mol. The predicted octanol–water partition coefficient (Wildman–Crippen LogP) is 5.61. The molecule has 0 unspecified atom stereocenters. The Morgan fingerprint density at radius 1 is 1.00 bits per heavy atom. The minimum absolute atomic E-state index is 0.266. The van der Waals surface area contributed by atoms with Crippen LogP contribution in [0.25, 0.3) is 10.8 Å². The molecule has 0 saturated carbocycles. The SMILES string of the molecule is CC[C@](C)(Oc1cccc2ccccc12)c1cccs1. The van der Waals surface area contributed by atoms with Gasteiger partial charge in [0.05, 0.1) is 0 Å². The molecule has 0 amide bonds. The van der Waals surface area contributed by atoms with Crippen molar-refractivity contribution in [3.8, 4) is 5.75 Å². The van der Waals surface area contributed by atoms with Crippen LogP contribution in [0, 0.1) is 0 Å². The van der Waals surface area contributed by atoms with Gasteiger partial charge in [0.1, 0.15) is 11.4 Å². The van der Waals surface area contributed by atoms with Crippen LogP contribution in [0.5, 0.6) is 5.75 Å². The van der Waals surface area contributed by atoms with Crippen LogP contribution in [0.2, 0.25) is 0 Å². The molecule has 0 N–H and O–H groups in total. The van der Waals surface area contributed by atoms with Gasteiger partial charge in [-0.3, -0.25) is 0 Å². The Morgan fingerprint density at radius 3 is 2.55 bits per heavy atom. The topological polar surface area (TPSA) is 9.23 Å². The highest BCUT2D eigenvalue weighted by Gasteiger charge is 2.28. The minimum Gasteiger partial charge on any atom is -0.481 e. The summed E-state index contributed by atoms with van der Waals surface area (Å²) < 4.78 is 6.42. The zero-order valence-corrected chi connectivity index (χ0v) is 12.6. The lowest BCUT2D eigenvalue weighted by molar-refractivity contribution is 0.0885. The van der Waals surface area contributed by atoms with Crippen LogP contribution in [0.4, 0.5) is 0 Å². The second kappa shape index (κ2) is 5.29. The third-order valence-electron chi connectivity index (χ3n) is 3.80. The summed E-state index contributed by atoms with van der Waals surface area (Å²) in [6.45, 7) is 4.34. The van der Waals surface area contributed by atoms with Crippen LogP contribution < -0.4 is 4.74 Å². The fourth-order valence-electron chi connectivity index (χ4n) is 2.40. The summed E-state index contributed by atoms with van der Waals surface area (Å²) in [6, 6.07) is 18.8. The molecule has 0 bridgehead atoms. The maximum absolute atomic E-state index is 6.42. The molecular weight excluding hydrogens is 264 g/mol. The lowest BCUT2D eigenvalue weighted by Crippen LogP contribution is -2.27. The van der Waals surface area contributed by atoms with Crippen LogP contribution in [0.15, 0.2) is 60.0 Å². The molecular formula is C18H18OS. The Morgan fingerprint density at radius 2 is 1.80 bits per heavy atom. The maximum Gasteiger partial charge on any atom is 0.140 e. The van der Waals surface area contributed by atoms with E-state index >= 15 is 0 Å². The average Bonchev–Trinajstić information content (AvgIpc) is 3.02. The molecule has 3 rings (SSSR count). The quantitative estimate of drug-likeness (QED) is 0.604. The largest absolute Gasteiger partial charge is 0.481 e. The molecule has 0 fully saturated rings. The maximum atomic E-state index is 6.42. The Balaban J connectivity index is 2.04. The van der Waals surface area contributed by atoms with Crippen molar-refractivity contribution in [3.05, 3.63) is 64.9 Å². The molecule has 2 aromatic carbocycles. The first-order valence-electron chi connectivity index (χ1n) is 6.94. The number of hydrogen-bond donors (Lipinski definition) is 0. The summed E-state index contributed by atoms with van der Waals surface area (Å²) in [4.78, 5) is 1.27. The van der Waals surface area contributed by atoms with Crippen LogP contribution >= 0.6 is 11.3 Å². The molecule has 102 valence electrons. The fraction of sp³-hybridized carbons (Fsp3) is 0.222. The van der Waals surface area contributed by atoms with Crippen LogP contribution in [0.3, 0.4) is 0 Å². The molecule has 3 aromatic rings.